The quantitative estimate of drug-likeness (QED) is 0.197. The molecule has 0 aliphatic heterocycles. The lowest BCUT2D eigenvalue weighted by atomic mass is 9.93. The van der Waals surface area contributed by atoms with E-state index in [1.807, 2.05) is 34.8 Å². The van der Waals surface area contributed by atoms with E-state index in [1.54, 1.807) is 14.2 Å². The van der Waals surface area contributed by atoms with Gasteiger partial charge in [0.2, 0.25) is 41.5 Å². The van der Waals surface area contributed by atoms with E-state index in [9.17, 15) is 0 Å². The SMILES string of the molecule is COc1ccc2[s+]c3ccccc3c(-c3c4ccccc4[s+]c4ccc(OC)cc34)c2c1. The highest BCUT2D eigenvalue weighted by Crippen LogP contribution is 2.47. The Bertz CT molecular complexity index is 1530. The predicted molar refractivity (Wildman–Crippen MR) is 140 cm³/mol. The molecule has 2 nitrogen and oxygen atoms in total. The molecule has 0 N–H and O–H groups in total. The minimum absolute atomic E-state index is 0.867. The summed E-state index contributed by atoms with van der Waals surface area (Å²) in [6, 6.07) is 30.2. The molecule has 2 aromatic heterocycles. The zero-order valence-corrected chi connectivity index (χ0v) is 19.3. The van der Waals surface area contributed by atoms with E-state index in [0.29, 0.717) is 0 Å². The van der Waals surface area contributed by atoms with Crippen molar-refractivity contribution in [3.63, 3.8) is 0 Å². The van der Waals surface area contributed by atoms with Crippen LogP contribution in [0.2, 0.25) is 0 Å². The largest absolute Gasteiger partial charge is 0.497 e. The van der Waals surface area contributed by atoms with Gasteiger partial charge >= 0.3 is 0 Å². The Morgan fingerprint density at radius 3 is 1.31 bits per heavy atom. The van der Waals surface area contributed by atoms with Crippen LogP contribution in [-0.2, 0) is 0 Å². The molecule has 6 aromatic rings. The van der Waals surface area contributed by atoms with Crippen molar-refractivity contribution in [2.24, 2.45) is 0 Å². The molecule has 0 aliphatic carbocycles. The lowest BCUT2D eigenvalue weighted by molar-refractivity contribution is 0.415. The number of fused-ring (bicyclic) bond motifs is 4. The molecule has 32 heavy (non-hydrogen) atoms. The molecule has 0 spiro atoms. The van der Waals surface area contributed by atoms with Gasteiger partial charge in [-0.25, -0.2) is 0 Å². The van der Waals surface area contributed by atoms with Crippen molar-refractivity contribution in [2.45, 2.75) is 0 Å². The molecule has 4 heteroatoms. The Hall–Kier alpha value is -3.34. The second-order valence-electron chi connectivity index (χ2n) is 7.67. The molecule has 0 atom stereocenters. The van der Waals surface area contributed by atoms with Crippen molar-refractivity contribution in [3.05, 3.63) is 84.9 Å². The summed E-state index contributed by atoms with van der Waals surface area (Å²) in [7, 11) is 3.45. The third kappa shape index (κ3) is 2.99. The van der Waals surface area contributed by atoms with E-state index in [0.717, 1.165) is 11.5 Å². The molecule has 0 fully saturated rings. The maximum Gasteiger partial charge on any atom is 0.239 e. The number of methoxy groups -OCH3 is 2. The zero-order valence-electron chi connectivity index (χ0n) is 17.7. The molecule has 0 saturated heterocycles. The second kappa shape index (κ2) is 7.66. The average molecular weight is 453 g/mol. The Morgan fingerprint density at radius 1 is 0.469 bits per heavy atom. The first-order valence-corrected chi connectivity index (χ1v) is 12.1. The molecular formula is C28H20O2S2+2. The summed E-state index contributed by atoms with van der Waals surface area (Å²) in [5.74, 6) is 1.73. The predicted octanol–water partition coefficient (Wildman–Crippen LogP) is 8.67. The lowest BCUT2D eigenvalue weighted by Crippen LogP contribution is -1.90. The van der Waals surface area contributed by atoms with E-state index in [-0.39, 0.29) is 0 Å². The van der Waals surface area contributed by atoms with Crippen LogP contribution in [0.3, 0.4) is 0 Å². The van der Waals surface area contributed by atoms with E-state index in [1.165, 1.54) is 51.5 Å². The topological polar surface area (TPSA) is 18.5 Å². The first-order valence-electron chi connectivity index (χ1n) is 10.4. The lowest BCUT2D eigenvalue weighted by Gasteiger charge is -2.11. The van der Waals surface area contributed by atoms with Gasteiger partial charge in [0.05, 0.1) is 25.0 Å². The van der Waals surface area contributed by atoms with Crippen LogP contribution in [0.15, 0.2) is 84.9 Å². The van der Waals surface area contributed by atoms with Gasteiger partial charge in [0.1, 0.15) is 11.5 Å². The third-order valence-corrected chi connectivity index (χ3v) is 8.22. The summed E-state index contributed by atoms with van der Waals surface area (Å²) in [4.78, 5) is 0. The van der Waals surface area contributed by atoms with Gasteiger partial charge in [-0.15, -0.1) is 0 Å². The molecule has 0 unspecified atom stereocenters. The Kier molecular flexibility index (Phi) is 4.63. The van der Waals surface area contributed by atoms with Gasteiger partial charge < -0.3 is 9.47 Å². The second-order valence-corrected chi connectivity index (χ2v) is 9.84. The van der Waals surface area contributed by atoms with Crippen LogP contribution in [-0.4, -0.2) is 14.2 Å². The summed E-state index contributed by atoms with van der Waals surface area (Å²) in [5.41, 5.74) is 2.49. The summed E-state index contributed by atoms with van der Waals surface area (Å²) in [5, 5.41) is 4.92. The van der Waals surface area contributed by atoms with E-state index in [4.69, 9.17) is 9.47 Å². The number of hydrogen-bond acceptors (Lipinski definition) is 2. The van der Waals surface area contributed by atoms with Crippen LogP contribution in [0, 0.1) is 0 Å². The van der Waals surface area contributed by atoms with Gasteiger partial charge in [-0.05, 0) is 36.4 Å². The van der Waals surface area contributed by atoms with E-state index in [2.05, 4.69) is 72.8 Å². The van der Waals surface area contributed by atoms with Crippen molar-refractivity contribution in [1.82, 2.24) is 0 Å². The summed E-state index contributed by atoms with van der Waals surface area (Å²) < 4.78 is 16.3. The first kappa shape index (κ1) is 19.4. The van der Waals surface area contributed by atoms with E-state index >= 15 is 0 Å². The van der Waals surface area contributed by atoms with Crippen LogP contribution in [0.25, 0.3) is 51.5 Å². The molecule has 0 amide bonds. The van der Waals surface area contributed by atoms with Crippen molar-refractivity contribution >= 4 is 63.0 Å². The van der Waals surface area contributed by atoms with Gasteiger partial charge in [-0.2, -0.15) is 0 Å². The number of rotatable bonds is 3. The minimum Gasteiger partial charge on any atom is -0.497 e. The molecule has 6 rings (SSSR count). The van der Waals surface area contributed by atoms with Crippen LogP contribution in [0.1, 0.15) is 0 Å². The summed E-state index contributed by atoms with van der Waals surface area (Å²) in [6.07, 6.45) is 0. The third-order valence-electron chi connectivity index (χ3n) is 5.91. The van der Waals surface area contributed by atoms with Crippen LogP contribution >= 0.6 is 22.7 Å². The van der Waals surface area contributed by atoms with Crippen LogP contribution < -0.4 is 9.47 Å². The van der Waals surface area contributed by atoms with Crippen molar-refractivity contribution in [3.8, 4) is 22.6 Å². The monoisotopic (exact) mass is 452 g/mol. The fourth-order valence-corrected chi connectivity index (χ4v) is 6.57. The van der Waals surface area contributed by atoms with Gasteiger partial charge in [0.15, 0.2) is 0 Å². The standard InChI is InChI=1S/C28H20O2S2/c1-29-17-11-13-25-21(15-17)27(19-7-3-5-9-23(19)31-25)28-20-8-4-6-10-24(20)32-26-14-12-18(30-2)16-22(26)28/h3-16H,1-2H3/q+2. The fourth-order valence-electron chi connectivity index (χ4n) is 4.43. The number of hydrogen-bond donors (Lipinski definition) is 0. The summed E-state index contributed by atoms with van der Waals surface area (Å²) >= 11 is 3.64. The Balaban J connectivity index is 1.91. The summed E-state index contributed by atoms with van der Waals surface area (Å²) in [6.45, 7) is 0. The zero-order chi connectivity index (χ0) is 21.7. The normalized spacial score (nSPS) is 11.4. The number of ether oxygens (including phenoxy) is 2. The Labute approximate surface area is 193 Å². The van der Waals surface area contributed by atoms with Gasteiger partial charge in [-0.3, -0.25) is 0 Å². The van der Waals surface area contributed by atoms with Gasteiger partial charge in [0.25, 0.3) is 0 Å². The van der Waals surface area contributed by atoms with Gasteiger partial charge in [0, 0.05) is 46.2 Å². The molecule has 0 aliphatic rings. The smallest absolute Gasteiger partial charge is 0.239 e. The van der Waals surface area contributed by atoms with Gasteiger partial charge in [-0.1, -0.05) is 24.3 Å². The van der Waals surface area contributed by atoms with Crippen molar-refractivity contribution < 1.29 is 9.47 Å². The highest BCUT2D eigenvalue weighted by molar-refractivity contribution is 7.25. The van der Waals surface area contributed by atoms with Crippen molar-refractivity contribution in [1.29, 1.82) is 0 Å². The highest BCUT2D eigenvalue weighted by Gasteiger charge is 2.25. The molecule has 4 aromatic carbocycles. The molecule has 2 heterocycles. The molecular weight excluding hydrogens is 432 g/mol. The first-order chi connectivity index (χ1) is 15.8. The van der Waals surface area contributed by atoms with Crippen molar-refractivity contribution in [2.75, 3.05) is 14.2 Å². The molecule has 0 saturated carbocycles. The highest BCUT2D eigenvalue weighted by atomic mass is 32.1. The van der Waals surface area contributed by atoms with E-state index < -0.39 is 0 Å². The fraction of sp³-hybridized carbons (Fsp3) is 0.0714. The average Bonchev–Trinajstić information content (AvgIpc) is 2.85. The molecule has 0 radical (unpaired) electrons. The minimum atomic E-state index is 0.867. The van der Waals surface area contributed by atoms with Crippen LogP contribution in [0.4, 0.5) is 0 Å². The maximum absolute atomic E-state index is 5.62. The number of benzene rings is 4. The Morgan fingerprint density at radius 2 is 0.875 bits per heavy atom. The molecule has 154 valence electrons. The maximum atomic E-state index is 5.62. The van der Waals surface area contributed by atoms with Crippen LogP contribution in [0.5, 0.6) is 11.5 Å². The molecule has 0 bridgehead atoms.